The third-order valence-electron chi connectivity index (χ3n) is 5.93. The monoisotopic (exact) mass is 478 g/mol. The van der Waals surface area contributed by atoms with Gasteiger partial charge in [-0.25, -0.2) is 4.79 Å². The average molecular weight is 479 g/mol. The van der Waals surface area contributed by atoms with E-state index >= 15 is 0 Å². The van der Waals surface area contributed by atoms with Crippen molar-refractivity contribution < 1.29 is 19.4 Å². The van der Waals surface area contributed by atoms with E-state index in [1.54, 1.807) is 0 Å². The Balaban J connectivity index is 1.67. The van der Waals surface area contributed by atoms with Crippen LogP contribution < -0.4 is 16.1 Å². The second-order valence-electron chi connectivity index (χ2n) is 9.60. The number of carbonyl (C=O) groups excluding carboxylic acids is 2. The quantitative estimate of drug-likeness (QED) is 0.385. The van der Waals surface area contributed by atoms with Crippen molar-refractivity contribution in [2.24, 2.45) is 11.8 Å². The smallest absolute Gasteiger partial charge is 0.408 e. The van der Waals surface area contributed by atoms with Gasteiger partial charge in [-0.15, -0.1) is 0 Å². The highest BCUT2D eigenvalue weighted by Gasteiger charge is 2.37. The molecule has 3 atom stereocenters. The minimum Gasteiger partial charge on any atom is -0.445 e. The summed E-state index contributed by atoms with van der Waals surface area (Å²) in [7, 11) is 0. The van der Waals surface area contributed by atoms with Gasteiger partial charge in [-0.2, -0.15) is 0 Å². The summed E-state index contributed by atoms with van der Waals surface area (Å²) in [6.45, 7) is 7.72. The fraction of sp³-hybridized carbons (Fsp3) is 0.393. The first-order valence-corrected chi connectivity index (χ1v) is 12.0. The minimum absolute atomic E-state index is 0.0918. The molecule has 0 saturated heterocycles. The van der Waals surface area contributed by atoms with Gasteiger partial charge in [0.2, 0.25) is 5.91 Å². The van der Waals surface area contributed by atoms with Gasteiger partial charge in [0, 0.05) is 11.1 Å². The zero-order valence-electron chi connectivity index (χ0n) is 20.7. The van der Waals surface area contributed by atoms with Gasteiger partial charge in [0.15, 0.2) is 5.43 Å². The second kappa shape index (κ2) is 11.8. The van der Waals surface area contributed by atoms with Crippen molar-refractivity contribution >= 4 is 12.0 Å². The van der Waals surface area contributed by atoms with E-state index in [9.17, 15) is 19.5 Å². The molecule has 7 heteroatoms. The predicted molar refractivity (Wildman–Crippen MR) is 135 cm³/mol. The van der Waals surface area contributed by atoms with Gasteiger partial charge in [0.25, 0.3) is 0 Å². The van der Waals surface area contributed by atoms with E-state index in [2.05, 4.69) is 10.6 Å². The molecule has 0 radical (unpaired) electrons. The van der Waals surface area contributed by atoms with Crippen LogP contribution in [0.1, 0.15) is 51.3 Å². The van der Waals surface area contributed by atoms with Crippen LogP contribution in [0.3, 0.4) is 0 Å². The van der Waals surface area contributed by atoms with Gasteiger partial charge in [-0.05, 0) is 29.4 Å². The number of aliphatic hydroxyl groups is 1. The van der Waals surface area contributed by atoms with Gasteiger partial charge in [0.05, 0.1) is 6.04 Å². The van der Waals surface area contributed by atoms with E-state index in [1.807, 2.05) is 88.4 Å². The van der Waals surface area contributed by atoms with Crippen LogP contribution in [0.25, 0.3) is 11.1 Å². The number of amides is 2. The number of ether oxygens (including phenoxy) is 1. The number of hydrogen-bond donors (Lipinski definition) is 3. The molecule has 186 valence electrons. The second-order valence-corrected chi connectivity index (χ2v) is 9.60. The third kappa shape index (κ3) is 7.02. The number of aliphatic hydroxyl groups excluding tert-OH is 1. The van der Waals surface area contributed by atoms with Crippen LogP contribution in [0, 0.1) is 11.8 Å². The molecule has 0 aliphatic carbocycles. The van der Waals surface area contributed by atoms with Crippen LogP contribution in [0.15, 0.2) is 65.5 Å². The number of carbonyl (C=O) groups is 2. The number of benzene rings is 2. The maximum atomic E-state index is 13.2. The average Bonchev–Trinajstić information content (AvgIpc) is 3.51. The lowest BCUT2D eigenvalue weighted by atomic mass is 9.95. The van der Waals surface area contributed by atoms with Crippen LogP contribution in [0.2, 0.25) is 0 Å². The molecule has 35 heavy (non-hydrogen) atoms. The van der Waals surface area contributed by atoms with Crippen molar-refractivity contribution in [3.8, 4) is 11.1 Å². The first-order valence-electron chi connectivity index (χ1n) is 12.0. The van der Waals surface area contributed by atoms with Gasteiger partial charge in [-0.3, -0.25) is 9.59 Å². The van der Waals surface area contributed by atoms with Gasteiger partial charge in [-0.1, -0.05) is 88.4 Å². The molecule has 0 aliphatic heterocycles. The highest BCUT2D eigenvalue weighted by Crippen LogP contribution is 2.33. The van der Waals surface area contributed by atoms with Crippen LogP contribution in [-0.4, -0.2) is 29.2 Å². The van der Waals surface area contributed by atoms with Gasteiger partial charge < -0.3 is 20.5 Å². The maximum Gasteiger partial charge on any atom is 0.408 e. The molecule has 0 heterocycles. The maximum absolute atomic E-state index is 13.2. The van der Waals surface area contributed by atoms with Crippen molar-refractivity contribution in [2.75, 3.05) is 0 Å². The zero-order valence-corrected chi connectivity index (χ0v) is 20.7. The van der Waals surface area contributed by atoms with E-state index in [0.717, 1.165) is 11.1 Å². The lowest BCUT2D eigenvalue weighted by Crippen LogP contribution is -2.52. The fourth-order valence-electron chi connectivity index (χ4n) is 4.02. The molecule has 0 unspecified atom stereocenters. The summed E-state index contributed by atoms with van der Waals surface area (Å²) >= 11 is 0. The van der Waals surface area contributed by atoms with Gasteiger partial charge >= 0.3 is 6.09 Å². The third-order valence-corrected chi connectivity index (χ3v) is 5.93. The molecule has 2 amide bonds. The van der Waals surface area contributed by atoms with E-state index < -0.39 is 30.2 Å². The SMILES string of the molecule is CC(C)C[C@H](NC(=O)OCc1ccccc1)C(=O)N[C@@H](C(C)C)[C@@H](O)c1c(-c2ccccc2)c1=O. The molecule has 3 rings (SSSR count). The largest absolute Gasteiger partial charge is 0.445 e. The molecular weight excluding hydrogens is 444 g/mol. The fourth-order valence-corrected chi connectivity index (χ4v) is 4.02. The number of alkyl carbamates (subject to hydrolysis) is 1. The minimum atomic E-state index is -1.15. The highest BCUT2D eigenvalue weighted by atomic mass is 16.5. The van der Waals surface area contributed by atoms with Gasteiger partial charge in [0.1, 0.15) is 18.8 Å². The normalized spacial score (nSPS) is 14.0. The predicted octanol–water partition coefficient (Wildman–Crippen LogP) is 4.10. The Morgan fingerprint density at radius 2 is 1.51 bits per heavy atom. The van der Waals surface area contributed by atoms with E-state index in [-0.39, 0.29) is 23.9 Å². The molecule has 0 aliphatic rings. The first-order chi connectivity index (χ1) is 16.7. The Morgan fingerprint density at radius 1 is 0.914 bits per heavy atom. The lowest BCUT2D eigenvalue weighted by Gasteiger charge is -2.29. The van der Waals surface area contributed by atoms with Crippen molar-refractivity contribution in [2.45, 2.75) is 58.9 Å². The number of hydrogen-bond acceptors (Lipinski definition) is 5. The summed E-state index contributed by atoms with van der Waals surface area (Å²) in [6.07, 6.45) is -1.45. The van der Waals surface area contributed by atoms with Crippen LogP contribution in [0.5, 0.6) is 0 Å². The zero-order chi connectivity index (χ0) is 25.5. The summed E-state index contributed by atoms with van der Waals surface area (Å²) in [5.41, 5.74) is 2.23. The highest BCUT2D eigenvalue weighted by molar-refractivity contribution is 5.86. The molecule has 0 aromatic heterocycles. The van der Waals surface area contributed by atoms with Crippen molar-refractivity contribution in [3.05, 3.63) is 82.0 Å². The van der Waals surface area contributed by atoms with E-state index in [1.165, 1.54) is 0 Å². The lowest BCUT2D eigenvalue weighted by molar-refractivity contribution is -0.125. The molecule has 3 N–H and O–H groups in total. The summed E-state index contributed by atoms with van der Waals surface area (Å²) in [4.78, 5) is 38.1. The topological polar surface area (TPSA) is 105 Å². The molecule has 7 nitrogen and oxygen atoms in total. The van der Waals surface area contributed by atoms with E-state index in [0.29, 0.717) is 17.5 Å². The molecule has 0 bridgehead atoms. The number of nitrogens with one attached hydrogen (secondary N) is 2. The summed E-state index contributed by atoms with van der Waals surface area (Å²) in [5, 5.41) is 16.5. The van der Waals surface area contributed by atoms with Crippen molar-refractivity contribution in [1.29, 1.82) is 0 Å². The summed E-state index contributed by atoms with van der Waals surface area (Å²) in [5.74, 6) is -0.459. The Labute approximate surface area is 206 Å². The molecule has 0 saturated carbocycles. The Bertz CT molecular complexity index is 1120. The Morgan fingerprint density at radius 3 is 2.09 bits per heavy atom. The number of rotatable bonds is 11. The Hall–Kier alpha value is -3.45. The Kier molecular flexibility index (Phi) is 8.82. The molecule has 3 aromatic carbocycles. The molecule has 0 spiro atoms. The van der Waals surface area contributed by atoms with Crippen LogP contribution in [-0.2, 0) is 16.1 Å². The van der Waals surface area contributed by atoms with E-state index in [4.69, 9.17) is 4.74 Å². The molecule has 0 fully saturated rings. The van der Waals surface area contributed by atoms with Crippen molar-refractivity contribution in [1.82, 2.24) is 10.6 Å². The first kappa shape index (κ1) is 26.2. The van der Waals surface area contributed by atoms with Crippen LogP contribution >= 0.6 is 0 Å². The molecule has 3 aromatic rings. The van der Waals surface area contributed by atoms with Crippen LogP contribution in [0.4, 0.5) is 4.79 Å². The summed E-state index contributed by atoms with van der Waals surface area (Å²) < 4.78 is 5.28. The summed E-state index contributed by atoms with van der Waals surface area (Å²) in [6, 6.07) is 16.9. The van der Waals surface area contributed by atoms with Crippen molar-refractivity contribution in [3.63, 3.8) is 0 Å². The molecular formula is C28H34N2O5. The standard InChI is InChI=1S/C28H34N2O5/c1-17(2)15-21(29-28(34)35-16-19-11-7-5-8-12-19)27(33)30-24(18(3)4)26(32)23-22(25(23)31)20-13-9-6-10-14-20/h5-14,17-18,21,24,26,32H,15-16H2,1-4H3,(H,29,34)(H,30,33)/t21-,24-,26-/m0/s1.